The molecule has 0 aromatic carbocycles. The average Bonchev–Trinajstić information content (AvgIpc) is 2.57. The van der Waals surface area contributed by atoms with Crippen LogP contribution in [0.2, 0.25) is 0 Å². The van der Waals surface area contributed by atoms with E-state index in [4.69, 9.17) is 15.0 Å². The van der Waals surface area contributed by atoms with Gasteiger partial charge >= 0.3 is 7.12 Å². The third-order valence-corrected chi connectivity index (χ3v) is 3.99. The molecule has 0 aliphatic carbocycles. The van der Waals surface area contributed by atoms with Gasteiger partial charge in [-0.15, -0.1) is 0 Å². The topological polar surface area (TPSA) is 77.3 Å². The lowest BCUT2D eigenvalue weighted by Gasteiger charge is -2.32. The Balaban J connectivity index is 2.32. The first-order valence-electron chi connectivity index (χ1n) is 6.70. The zero-order valence-corrected chi connectivity index (χ0v) is 12.4. The Bertz CT molecular complexity index is 562. The predicted octanol–water partition coefficient (Wildman–Crippen LogP) is 1.35. The summed E-state index contributed by atoms with van der Waals surface area (Å²) in [5.41, 5.74) is 6.17. The first-order chi connectivity index (χ1) is 9.27. The summed E-state index contributed by atoms with van der Waals surface area (Å²) in [7, 11) is -0.524. The summed E-state index contributed by atoms with van der Waals surface area (Å²) >= 11 is 0. The van der Waals surface area contributed by atoms with E-state index in [1.807, 2.05) is 27.7 Å². The summed E-state index contributed by atoms with van der Waals surface area (Å²) in [6.45, 7) is 8.20. The average molecular weight is 276 g/mol. The molecular formula is C14H21BN2O3. The molecule has 1 aliphatic heterocycles. The van der Waals surface area contributed by atoms with Gasteiger partial charge in [0.1, 0.15) is 0 Å². The number of hydrogen-bond acceptors (Lipinski definition) is 4. The second-order valence-corrected chi connectivity index (χ2v) is 5.98. The highest BCUT2D eigenvalue weighted by Crippen LogP contribution is 2.38. The maximum atomic E-state index is 11.8. The van der Waals surface area contributed by atoms with Crippen LogP contribution in [-0.4, -0.2) is 29.8 Å². The molecule has 1 aliphatic rings. The van der Waals surface area contributed by atoms with E-state index < -0.39 is 18.3 Å². The van der Waals surface area contributed by atoms with Crippen LogP contribution < -0.4 is 11.2 Å². The van der Waals surface area contributed by atoms with Gasteiger partial charge in [-0.3, -0.25) is 4.79 Å². The maximum Gasteiger partial charge on any atom is 0.491 e. The minimum atomic E-state index is -0.524. The summed E-state index contributed by atoms with van der Waals surface area (Å²) in [5, 5.41) is 0. The van der Waals surface area contributed by atoms with Crippen LogP contribution in [0.1, 0.15) is 33.3 Å². The summed E-state index contributed by atoms with van der Waals surface area (Å²) in [6.07, 6.45) is 4.97. The Labute approximate surface area is 119 Å². The summed E-state index contributed by atoms with van der Waals surface area (Å²) in [5.74, 6) is 0. The molecule has 3 N–H and O–H groups in total. The lowest BCUT2D eigenvalue weighted by molar-refractivity contribution is 0.00578. The number of pyridine rings is 1. The van der Waals surface area contributed by atoms with Crippen molar-refractivity contribution in [2.45, 2.75) is 38.9 Å². The molecule has 2 heterocycles. The number of H-pyrrole nitrogens is 1. The van der Waals surface area contributed by atoms with Crippen molar-refractivity contribution in [1.29, 1.82) is 0 Å². The van der Waals surface area contributed by atoms with Crippen molar-refractivity contribution in [3.63, 3.8) is 0 Å². The SMILES string of the molecule is CC1(C)OB(C(=Cc2c[nH]ccc2=O)CN)OC1(C)C. The first kappa shape index (κ1) is 15.0. The fourth-order valence-electron chi connectivity index (χ4n) is 1.96. The molecule has 5 nitrogen and oxygen atoms in total. The molecule has 108 valence electrons. The molecule has 0 spiro atoms. The van der Waals surface area contributed by atoms with E-state index in [1.54, 1.807) is 18.5 Å². The van der Waals surface area contributed by atoms with Crippen molar-refractivity contribution < 1.29 is 9.31 Å². The normalized spacial score (nSPS) is 21.2. The van der Waals surface area contributed by atoms with Gasteiger partial charge in [-0.05, 0) is 33.2 Å². The molecule has 20 heavy (non-hydrogen) atoms. The number of aromatic nitrogens is 1. The number of rotatable bonds is 3. The lowest BCUT2D eigenvalue weighted by Crippen LogP contribution is -2.41. The third-order valence-electron chi connectivity index (χ3n) is 3.99. The van der Waals surface area contributed by atoms with Gasteiger partial charge in [-0.2, -0.15) is 0 Å². The molecule has 1 fully saturated rings. The van der Waals surface area contributed by atoms with Gasteiger partial charge in [-0.25, -0.2) is 0 Å². The molecule has 0 atom stereocenters. The van der Waals surface area contributed by atoms with Crippen molar-refractivity contribution >= 4 is 13.2 Å². The van der Waals surface area contributed by atoms with E-state index in [0.717, 1.165) is 5.47 Å². The van der Waals surface area contributed by atoms with Crippen LogP contribution in [0, 0.1) is 0 Å². The van der Waals surface area contributed by atoms with E-state index in [2.05, 4.69) is 4.98 Å². The minimum absolute atomic E-state index is 0.0637. The number of nitrogens with two attached hydrogens (primary N) is 1. The highest BCUT2D eigenvalue weighted by Gasteiger charge is 2.52. The molecule has 6 heteroatoms. The van der Waals surface area contributed by atoms with E-state index in [0.29, 0.717) is 5.56 Å². The van der Waals surface area contributed by atoms with Gasteiger partial charge in [0.15, 0.2) is 5.43 Å². The first-order valence-corrected chi connectivity index (χ1v) is 6.70. The molecule has 0 bridgehead atoms. The maximum absolute atomic E-state index is 11.8. The predicted molar refractivity (Wildman–Crippen MR) is 80.2 cm³/mol. The van der Waals surface area contributed by atoms with Crippen molar-refractivity contribution in [3.05, 3.63) is 39.7 Å². The van der Waals surface area contributed by atoms with Gasteiger partial charge in [0, 0.05) is 30.6 Å². The van der Waals surface area contributed by atoms with Crippen LogP contribution in [0.25, 0.3) is 6.08 Å². The molecule has 0 amide bonds. The summed E-state index contributed by atoms with van der Waals surface area (Å²) in [4.78, 5) is 14.6. The lowest BCUT2D eigenvalue weighted by atomic mass is 9.77. The summed E-state index contributed by atoms with van der Waals surface area (Å²) < 4.78 is 11.9. The van der Waals surface area contributed by atoms with Crippen LogP contribution in [0.15, 0.2) is 28.7 Å². The Morgan fingerprint density at radius 3 is 2.45 bits per heavy atom. The second-order valence-electron chi connectivity index (χ2n) is 5.98. The van der Waals surface area contributed by atoms with Crippen LogP contribution in [0.4, 0.5) is 0 Å². The molecule has 0 unspecified atom stereocenters. The molecular weight excluding hydrogens is 255 g/mol. The Hall–Kier alpha value is -1.37. The smallest absolute Gasteiger partial charge is 0.400 e. The quantitative estimate of drug-likeness (QED) is 0.817. The van der Waals surface area contributed by atoms with Crippen LogP contribution in [0.5, 0.6) is 0 Å². The van der Waals surface area contributed by atoms with Crippen LogP contribution in [0.3, 0.4) is 0 Å². The molecule has 0 radical (unpaired) electrons. The molecule has 1 saturated heterocycles. The second kappa shape index (κ2) is 5.20. The van der Waals surface area contributed by atoms with E-state index in [9.17, 15) is 4.79 Å². The monoisotopic (exact) mass is 276 g/mol. The molecule has 1 aromatic heterocycles. The standard InChI is InChI=1S/C14H21BN2O3/c1-13(2)14(3,4)20-15(19-13)11(8-16)7-10-9-17-6-5-12(10)18/h5-7,9H,8,16H2,1-4H3,(H,17,18). The van der Waals surface area contributed by atoms with Crippen LogP contribution in [-0.2, 0) is 9.31 Å². The zero-order chi connectivity index (χ0) is 15.0. The fourth-order valence-corrected chi connectivity index (χ4v) is 1.96. The highest BCUT2D eigenvalue weighted by molar-refractivity contribution is 6.55. The number of aromatic amines is 1. The minimum Gasteiger partial charge on any atom is -0.400 e. The van der Waals surface area contributed by atoms with E-state index in [-0.39, 0.29) is 12.0 Å². The van der Waals surface area contributed by atoms with E-state index in [1.165, 1.54) is 6.07 Å². The fraction of sp³-hybridized carbons (Fsp3) is 0.500. The number of nitrogens with one attached hydrogen (secondary N) is 1. The molecule has 2 rings (SSSR count). The van der Waals surface area contributed by atoms with Gasteiger partial charge in [0.2, 0.25) is 0 Å². The Kier molecular flexibility index (Phi) is 3.91. The highest BCUT2D eigenvalue weighted by atomic mass is 16.7. The largest absolute Gasteiger partial charge is 0.491 e. The van der Waals surface area contributed by atoms with Gasteiger partial charge in [0.05, 0.1) is 11.2 Å². The third kappa shape index (κ3) is 2.72. The number of hydrogen-bond donors (Lipinski definition) is 2. The zero-order valence-electron chi connectivity index (χ0n) is 12.4. The van der Waals surface area contributed by atoms with Crippen molar-refractivity contribution in [2.75, 3.05) is 6.54 Å². The van der Waals surface area contributed by atoms with Gasteiger partial charge < -0.3 is 20.0 Å². The van der Waals surface area contributed by atoms with Gasteiger partial charge in [0.25, 0.3) is 0 Å². The van der Waals surface area contributed by atoms with Gasteiger partial charge in [-0.1, -0.05) is 6.08 Å². The van der Waals surface area contributed by atoms with Crippen LogP contribution >= 0.6 is 0 Å². The van der Waals surface area contributed by atoms with E-state index >= 15 is 0 Å². The Morgan fingerprint density at radius 2 is 1.95 bits per heavy atom. The molecule has 0 saturated carbocycles. The Morgan fingerprint density at radius 1 is 1.35 bits per heavy atom. The molecule has 1 aromatic rings. The van der Waals surface area contributed by atoms with Crippen molar-refractivity contribution in [3.8, 4) is 0 Å². The van der Waals surface area contributed by atoms with Crippen molar-refractivity contribution in [1.82, 2.24) is 4.98 Å². The summed E-state index contributed by atoms with van der Waals surface area (Å²) in [6, 6.07) is 1.48. The van der Waals surface area contributed by atoms with Crippen molar-refractivity contribution in [2.24, 2.45) is 5.73 Å².